The van der Waals surface area contributed by atoms with E-state index in [2.05, 4.69) is 90.4 Å². The van der Waals surface area contributed by atoms with Gasteiger partial charge in [0, 0.05) is 35.2 Å². The molecule has 2 bridgehead atoms. The Morgan fingerprint density at radius 1 is 0.833 bits per heavy atom. The Bertz CT molecular complexity index is 1160. The molecule has 1 spiro atoms. The van der Waals surface area contributed by atoms with Crippen molar-refractivity contribution in [2.75, 3.05) is 45.3 Å². The molecule has 5 heterocycles. The van der Waals surface area contributed by atoms with Gasteiger partial charge in [0.2, 0.25) is 5.95 Å². The molecule has 0 aromatic carbocycles. The molecule has 4 unspecified atom stereocenters. The van der Waals surface area contributed by atoms with Gasteiger partial charge in [0.05, 0.1) is 36.6 Å². The summed E-state index contributed by atoms with van der Waals surface area (Å²) in [4.78, 5) is 28.6. The highest BCUT2D eigenvalue weighted by Crippen LogP contribution is 2.53. The molecule has 3 saturated heterocycles. The summed E-state index contributed by atoms with van der Waals surface area (Å²) in [7, 11) is 4.45. The van der Waals surface area contributed by atoms with E-state index < -0.39 is 17.0 Å². The number of aromatic nitrogens is 3. The maximum atomic E-state index is 12.3. The van der Waals surface area contributed by atoms with Crippen LogP contribution in [0.5, 0.6) is 0 Å². The first-order valence-corrected chi connectivity index (χ1v) is 16.3. The van der Waals surface area contributed by atoms with Crippen molar-refractivity contribution in [3.05, 3.63) is 11.6 Å². The fourth-order valence-corrected chi connectivity index (χ4v) is 8.76. The van der Waals surface area contributed by atoms with Gasteiger partial charge in [0.1, 0.15) is 11.6 Å². The van der Waals surface area contributed by atoms with Crippen LogP contribution in [-0.2, 0) is 10.2 Å². The first kappa shape index (κ1) is 31.7. The molecule has 0 saturated carbocycles. The number of morpholine rings is 1. The lowest BCUT2D eigenvalue weighted by molar-refractivity contribution is -0.0842. The zero-order valence-corrected chi connectivity index (χ0v) is 28.1. The Kier molecular flexibility index (Phi) is 8.34. The van der Waals surface area contributed by atoms with Crippen molar-refractivity contribution in [1.82, 2.24) is 30.5 Å². The third-order valence-electron chi connectivity index (χ3n) is 12.0. The van der Waals surface area contributed by atoms with Crippen LogP contribution >= 0.6 is 0 Å². The van der Waals surface area contributed by atoms with Crippen molar-refractivity contribution >= 4 is 12.2 Å². The van der Waals surface area contributed by atoms with E-state index in [1.54, 1.807) is 0 Å². The van der Waals surface area contributed by atoms with Crippen LogP contribution in [0.4, 0.5) is 5.95 Å². The maximum Gasteiger partial charge on any atom is 0.229 e. The Labute approximate surface area is 255 Å². The van der Waals surface area contributed by atoms with Crippen molar-refractivity contribution in [2.24, 2.45) is 4.99 Å². The Morgan fingerprint density at radius 3 is 2.19 bits per heavy atom. The minimum atomic E-state index is -0.648. The Morgan fingerprint density at radius 2 is 1.50 bits per heavy atom. The zero-order valence-electron chi connectivity index (χ0n) is 28.1. The summed E-state index contributed by atoms with van der Waals surface area (Å²) >= 11 is 0. The highest BCUT2D eigenvalue weighted by molar-refractivity contribution is 5.57. The van der Waals surface area contributed by atoms with Crippen LogP contribution in [0.25, 0.3) is 0 Å². The summed E-state index contributed by atoms with van der Waals surface area (Å²) in [5, 5.41) is 0. The molecule has 5 rings (SSSR count). The lowest BCUT2D eigenvalue weighted by Gasteiger charge is -2.62. The number of nitrogens with zero attached hydrogens (tertiary/aromatic N) is 8. The summed E-state index contributed by atoms with van der Waals surface area (Å²) in [6.45, 7) is 21.2. The molecule has 3 fully saturated rings. The molecule has 1 aromatic rings. The Balaban J connectivity index is 1.78. The molecule has 0 aliphatic carbocycles. The summed E-state index contributed by atoms with van der Waals surface area (Å²) in [5.74, 6) is 2.25. The largest absolute Gasteiger partial charge is 0.378 e. The van der Waals surface area contributed by atoms with E-state index in [1.807, 2.05) is 0 Å². The van der Waals surface area contributed by atoms with Gasteiger partial charge in [-0.2, -0.15) is 9.97 Å². The van der Waals surface area contributed by atoms with Crippen molar-refractivity contribution in [1.29, 1.82) is 0 Å². The third kappa shape index (κ3) is 5.10. The van der Waals surface area contributed by atoms with Gasteiger partial charge in [-0.25, -0.2) is 4.98 Å². The fraction of sp³-hybridized carbons (Fsp3) is 0.879. The van der Waals surface area contributed by atoms with E-state index in [1.165, 1.54) is 0 Å². The van der Waals surface area contributed by atoms with Crippen LogP contribution in [0.15, 0.2) is 4.99 Å². The highest BCUT2D eigenvalue weighted by Gasteiger charge is 2.62. The second-order valence-corrected chi connectivity index (χ2v) is 15.7. The second-order valence-electron chi connectivity index (χ2n) is 15.7. The first-order valence-electron chi connectivity index (χ1n) is 16.3. The number of anilines is 1. The van der Waals surface area contributed by atoms with Gasteiger partial charge >= 0.3 is 0 Å². The number of rotatable bonds is 1. The number of hydrogen-bond donors (Lipinski definition) is 0. The minimum absolute atomic E-state index is 0.0179. The fourth-order valence-electron chi connectivity index (χ4n) is 8.76. The number of hydrogen-bond acceptors (Lipinski definition) is 8. The number of piperidine rings is 2. The molecule has 234 valence electrons. The number of aliphatic imine (C=N–C) groups is 1. The smallest absolute Gasteiger partial charge is 0.229 e. The van der Waals surface area contributed by atoms with Crippen LogP contribution < -0.4 is 10.6 Å². The molecule has 42 heavy (non-hydrogen) atoms. The van der Waals surface area contributed by atoms with Gasteiger partial charge in [-0.05, 0) is 108 Å². The van der Waals surface area contributed by atoms with Gasteiger partial charge in [-0.1, -0.05) is 12.8 Å². The van der Waals surface area contributed by atoms with Crippen LogP contribution in [0, 0.1) is 0 Å². The van der Waals surface area contributed by atoms with E-state index in [9.17, 15) is 5.73 Å². The number of fused-ring (bicyclic) bond motifs is 5. The van der Waals surface area contributed by atoms with E-state index in [4.69, 9.17) is 24.7 Å². The maximum absolute atomic E-state index is 12.3. The molecule has 4 aliphatic heterocycles. The van der Waals surface area contributed by atoms with E-state index >= 15 is 0 Å². The minimum Gasteiger partial charge on any atom is -0.378 e. The molecule has 9 heteroatoms. The normalized spacial score (nSPS) is 35.9. The molecule has 2 radical (unpaired) electrons. The van der Waals surface area contributed by atoms with Crippen molar-refractivity contribution < 1.29 is 4.74 Å². The molecule has 4 aliphatic rings. The molecule has 1 aromatic heterocycles. The quantitative estimate of drug-likeness (QED) is 0.477. The average Bonchev–Trinajstić information content (AvgIpc) is 2.92. The monoisotopic (exact) mass is 580 g/mol. The van der Waals surface area contributed by atoms with Crippen LogP contribution in [0.2, 0.25) is 0 Å². The summed E-state index contributed by atoms with van der Waals surface area (Å²) in [5.41, 5.74) is 10.8. The van der Waals surface area contributed by atoms with Gasteiger partial charge in [-0.15, -0.1) is 5.73 Å². The van der Waals surface area contributed by atoms with Gasteiger partial charge in [0.25, 0.3) is 0 Å². The van der Waals surface area contributed by atoms with Crippen molar-refractivity contribution in [3.8, 4) is 0 Å². The van der Waals surface area contributed by atoms with Crippen molar-refractivity contribution in [3.63, 3.8) is 0 Å². The van der Waals surface area contributed by atoms with Gasteiger partial charge < -0.3 is 9.64 Å². The lowest BCUT2D eigenvalue weighted by Crippen LogP contribution is -2.73. The van der Waals surface area contributed by atoms with Gasteiger partial charge in [-0.3, -0.25) is 14.8 Å². The highest BCUT2D eigenvalue weighted by atomic mass is 16.5. The van der Waals surface area contributed by atoms with Crippen LogP contribution in [0.1, 0.15) is 118 Å². The number of likely N-dealkylation sites (N-methyl/N-ethyl adjacent to an activating group) is 2. The summed E-state index contributed by atoms with van der Waals surface area (Å²) < 4.78 is 5.72. The number of likely N-dealkylation sites (tertiary alicyclic amines) is 2. The van der Waals surface area contributed by atoms with E-state index in [0.29, 0.717) is 25.6 Å². The average molecular weight is 581 g/mol. The number of ether oxygens (including phenoxy) is 1. The topological polar surface area (TPSA) is 92.3 Å². The van der Waals surface area contributed by atoms with E-state index in [-0.39, 0.29) is 28.6 Å². The molecular formula is C33H56N8O. The summed E-state index contributed by atoms with van der Waals surface area (Å²) in [6, 6.07) is -0.522. The van der Waals surface area contributed by atoms with Gasteiger partial charge in [0.15, 0.2) is 0 Å². The second kappa shape index (κ2) is 11.0. The lowest BCUT2D eigenvalue weighted by atomic mass is 9.56. The molecule has 9 nitrogen and oxygen atoms in total. The molecule has 4 atom stereocenters. The predicted molar refractivity (Wildman–Crippen MR) is 170 cm³/mol. The van der Waals surface area contributed by atoms with Crippen molar-refractivity contribution in [2.45, 2.75) is 146 Å². The standard InChI is InChI=1S/C33H56N8O/c1-29(2)21-23-25(31(5,6)39(29)9)26-36-27(38-28(37-26)41-17-19-42-20-18-41)33(15-13-11-12-14-16-35-23)24(34)22-30(3,4)40(10)32(33,7)8/h16,23-25H,11-15,17-22H2,1-10H3/b35-16+. The first-order chi connectivity index (χ1) is 19.6. The third-order valence-corrected chi connectivity index (χ3v) is 12.0. The zero-order chi connectivity index (χ0) is 30.7. The van der Waals surface area contributed by atoms with Crippen LogP contribution in [0.3, 0.4) is 0 Å². The molecule has 0 amide bonds. The SMILES string of the molecule is CN1C(C)(C)CC2/N=C/CCCCCC3(c4nc(nc(N5CCOCC5)n4)C2C1(C)C)C([N])CC(C)(C)N(C)C3(C)C. The van der Waals surface area contributed by atoms with E-state index in [0.717, 1.165) is 63.3 Å². The summed E-state index contributed by atoms with van der Waals surface area (Å²) in [6.07, 6.45) is 8.75. The molecule has 0 N–H and O–H groups in total. The van der Waals surface area contributed by atoms with Crippen LogP contribution in [-0.4, -0.2) is 106 Å². The predicted octanol–water partition coefficient (Wildman–Crippen LogP) is 4.66. The Hall–Kier alpha value is -1.68. The molecular weight excluding hydrogens is 524 g/mol.